The second-order valence-electron chi connectivity index (χ2n) is 5.20. The molecule has 24 heavy (non-hydrogen) atoms. The van der Waals surface area contributed by atoms with E-state index in [1.54, 1.807) is 12.1 Å². The lowest BCUT2D eigenvalue weighted by atomic mass is 9.99. The van der Waals surface area contributed by atoms with Crippen molar-refractivity contribution in [3.63, 3.8) is 0 Å². The number of esters is 2. The molecule has 0 unspecified atom stereocenters. The summed E-state index contributed by atoms with van der Waals surface area (Å²) in [5.41, 5.74) is 2.62. The number of Topliss-reactive ketones (excluding diaryl/α,β-unsaturated/α-hetero) is 1. The highest BCUT2D eigenvalue weighted by molar-refractivity contribution is 14.1. The first-order valence-corrected chi connectivity index (χ1v) is 8.64. The highest BCUT2D eigenvalue weighted by Gasteiger charge is 2.10. The van der Waals surface area contributed by atoms with Gasteiger partial charge >= 0.3 is 11.9 Å². The Kier molecular flexibility index (Phi) is 8.67. The van der Waals surface area contributed by atoms with E-state index in [1.165, 1.54) is 20.8 Å². The maximum absolute atomic E-state index is 11.4. The molecule has 0 saturated heterocycles. The number of benzene rings is 1. The predicted molar refractivity (Wildman–Crippen MR) is 99.9 cm³/mol. The molecule has 0 aliphatic heterocycles. The standard InChI is InChI=1S/C18H21IO5/c1-12(20)15-4-6-16(7-5-15)17(8-10-23-13(2)21)18(19)9-11-24-14(3)22/h4-7H,8-11H2,1-3H3/b18-17-. The number of hydrogen-bond donors (Lipinski definition) is 0. The second kappa shape index (κ2) is 10.2. The van der Waals surface area contributed by atoms with E-state index in [9.17, 15) is 14.4 Å². The molecule has 0 aromatic heterocycles. The van der Waals surface area contributed by atoms with E-state index in [4.69, 9.17) is 9.47 Å². The third-order valence-corrected chi connectivity index (χ3v) is 4.44. The number of carbonyl (C=O) groups excluding carboxylic acids is 3. The third kappa shape index (κ3) is 7.25. The van der Waals surface area contributed by atoms with Crippen LogP contribution >= 0.6 is 22.6 Å². The minimum atomic E-state index is -0.323. The third-order valence-electron chi connectivity index (χ3n) is 3.25. The Hall–Kier alpha value is -1.70. The van der Waals surface area contributed by atoms with E-state index < -0.39 is 0 Å². The van der Waals surface area contributed by atoms with Crippen molar-refractivity contribution < 1.29 is 23.9 Å². The Morgan fingerprint density at radius 3 is 1.75 bits per heavy atom. The van der Waals surface area contributed by atoms with Crippen LogP contribution in [-0.2, 0) is 19.1 Å². The molecule has 1 aromatic rings. The molecular formula is C18H21IO5. The number of carbonyl (C=O) groups is 3. The van der Waals surface area contributed by atoms with Crippen LogP contribution in [0.3, 0.4) is 0 Å². The Labute approximate surface area is 155 Å². The molecule has 0 fully saturated rings. The van der Waals surface area contributed by atoms with Crippen LogP contribution in [0.4, 0.5) is 0 Å². The minimum Gasteiger partial charge on any atom is -0.466 e. The molecule has 130 valence electrons. The molecule has 0 spiro atoms. The van der Waals surface area contributed by atoms with E-state index in [0.717, 1.165) is 14.7 Å². The van der Waals surface area contributed by atoms with Crippen molar-refractivity contribution in [2.45, 2.75) is 33.6 Å². The zero-order valence-corrected chi connectivity index (χ0v) is 16.2. The molecule has 6 heteroatoms. The fourth-order valence-corrected chi connectivity index (χ4v) is 2.88. The lowest BCUT2D eigenvalue weighted by molar-refractivity contribution is -0.141. The number of rotatable bonds is 8. The Balaban J connectivity index is 2.95. The Morgan fingerprint density at radius 2 is 1.29 bits per heavy atom. The van der Waals surface area contributed by atoms with Gasteiger partial charge in [0.1, 0.15) is 0 Å². The molecular weight excluding hydrogens is 423 g/mol. The van der Waals surface area contributed by atoms with Gasteiger partial charge in [-0.1, -0.05) is 24.3 Å². The average molecular weight is 444 g/mol. The van der Waals surface area contributed by atoms with Crippen LogP contribution in [0, 0.1) is 0 Å². The van der Waals surface area contributed by atoms with E-state index in [0.29, 0.717) is 25.0 Å². The number of halogens is 1. The monoisotopic (exact) mass is 444 g/mol. The highest BCUT2D eigenvalue weighted by atomic mass is 127. The fraction of sp³-hybridized carbons (Fsp3) is 0.389. The molecule has 0 atom stereocenters. The zero-order chi connectivity index (χ0) is 18.1. The van der Waals surface area contributed by atoms with Crippen molar-refractivity contribution in [1.29, 1.82) is 0 Å². The van der Waals surface area contributed by atoms with Gasteiger partial charge in [0, 0.05) is 32.3 Å². The summed E-state index contributed by atoms with van der Waals surface area (Å²) in [4.78, 5) is 33.2. The normalized spacial score (nSPS) is 11.5. The molecule has 0 saturated carbocycles. The summed E-state index contributed by atoms with van der Waals surface area (Å²) < 4.78 is 11.0. The van der Waals surface area contributed by atoms with E-state index in [-0.39, 0.29) is 24.3 Å². The zero-order valence-electron chi connectivity index (χ0n) is 14.1. The maximum Gasteiger partial charge on any atom is 0.302 e. The molecule has 0 aliphatic carbocycles. The van der Waals surface area contributed by atoms with Crippen LogP contribution in [0.5, 0.6) is 0 Å². The van der Waals surface area contributed by atoms with Gasteiger partial charge in [0.05, 0.1) is 13.2 Å². The van der Waals surface area contributed by atoms with Gasteiger partial charge in [0.2, 0.25) is 0 Å². The van der Waals surface area contributed by atoms with Crippen molar-refractivity contribution in [3.05, 3.63) is 39.0 Å². The minimum absolute atomic E-state index is 0.0107. The lowest BCUT2D eigenvalue weighted by Gasteiger charge is -2.13. The molecule has 1 rings (SSSR count). The first-order valence-electron chi connectivity index (χ1n) is 7.57. The molecule has 1 aromatic carbocycles. The van der Waals surface area contributed by atoms with Crippen molar-refractivity contribution in [2.24, 2.45) is 0 Å². The Morgan fingerprint density at radius 1 is 0.833 bits per heavy atom. The number of ketones is 1. The first kappa shape index (κ1) is 20.3. The van der Waals surface area contributed by atoms with Gasteiger partial charge < -0.3 is 9.47 Å². The van der Waals surface area contributed by atoms with Gasteiger partial charge in [0.15, 0.2) is 5.78 Å². The summed E-state index contributed by atoms with van der Waals surface area (Å²) in [6, 6.07) is 7.31. The average Bonchev–Trinajstić information content (AvgIpc) is 2.51. The van der Waals surface area contributed by atoms with Gasteiger partial charge in [-0.3, -0.25) is 14.4 Å². The van der Waals surface area contributed by atoms with Gasteiger partial charge in [-0.15, -0.1) is 0 Å². The van der Waals surface area contributed by atoms with Crippen LogP contribution in [0.2, 0.25) is 0 Å². The van der Waals surface area contributed by atoms with Crippen LogP contribution in [-0.4, -0.2) is 30.9 Å². The van der Waals surface area contributed by atoms with Crippen LogP contribution in [0.15, 0.2) is 27.8 Å². The summed E-state index contributed by atoms with van der Waals surface area (Å²) in [7, 11) is 0. The van der Waals surface area contributed by atoms with Crippen LogP contribution in [0.25, 0.3) is 5.57 Å². The van der Waals surface area contributed by atoms with Gasteiger partial charge in [-0.25, -0.2) is 0 Å². The van der Waals surface area contributed by atoms with E-state index in [2.05, 4.69) is 22.6 Å². The lowest BCUT2D eigenvalue weighted by Crippen LogP contribution is -2.04. The topological polar surface area (TPSA) is 69.7 Å². The van der Waals surface area contributed by atoms with Crippen LogP contribution < -0.4 is 0 Å². The molecule has 0 amide bonds. The van der Waals surface area contributed by atoms with Crippen molar-refractivity contribution in [1.82, 2.24) is 0 Å². The summed E-state index contributed by atoms with van der Waals surface area (Å²) >= 11 is 2.21. The second-order valence-corrected chi connectivity index (χ2v) is 6.50. The predicted octanol–water partition coefficient (Wildman–Crippen LogP) is 3.94. The van der Waals surface area contributed by atoms with E-state index >= 15 is 0 Å². The molecule has 5 nitrogen and oxygen atoms in total. The summed E-state index contributed by atoms with van der Waals surface area (Å²) in [6.45, 7) is 4.85. The summed E-state index contributed by atoms with van der Waals surface area (Å²) in [5, 5.41) is 0. The fourth-order valence-electron chi connectivity index (χ4n) is 2.07. The smallest absolute Gasteiger partial charge is 0.302 e. The number of ether oxygens (including phenoxy) is 2. The van der Waals surface area contributed by atoms with Crippen LogP contribution in [0.1, 0.15) is 49.5 Å². The van der Waals surface area contributed by atoms with Gasteiger partial charge in [-0.05, 0) is 44.2 Å². The quantitative estimate of drug-likeness (QED) is 0.345. The van der Waals surface area contributed by atoms with Crippen molar-refractivity contribution in [2.75, 3.05) is 13.2 Å². The van der Waals surface area contributed by atoms with E-state index in [1.807, 2.05) is 12.1 Å². The molecule has 0 aliphatic rings. The van der Waals surface area contributed by atoms with Crippen molar-refractivity contribution >= 4 is 45.9 Å². The largest absolute Gasteiger partial charge is 0.466 e. The SMILES string of the molecule is CC(=O)OCC/C(I)=C(\CCOC(C)=O)c1ccc(C(C)=O)cc1. The number of hydrogen-bond acceptors (Lipinski definition) is 5. The first-order chi connectivity index (χ1) is 11.3. The molecule has 0 N–H and O–H groups in total. The molecule has 0 heterocycles. The summed E-state index contributed by atoms with van der Waals surface area (Å²) in [5.74, 6) is -0.626. The summed E-state index contributed by atoms with van der Waals surface area (Å²) in [6.07, 6.45) is 1.14. The Bertz CT molecular complexity index is 631. The van der Waals surface area contributed by atoms with Gasteiger partial charge in [0.25, 0.3) is 0 Å². The molecule has 0 radical (unpaired) electrons. The maximum atomic E-state index is 11.4. The van der Waals surface area contributed by atoms with Gasteiger partial charge in [-0.2, -0.15) is 0 Å². The van der Waals surface area contributed by atoms with Crippen molar-refractivity contribution in [3.8, 4) is 0 Å². The highest BCUT2D eigenvalue weighted by Crippen LogP contribution is 2.29. The molecule has 0 bridgehead atoms.